The maximum Gasteiger partial charge on any atom is 0.345 e. The number of benzene rings is 2. The number of ether oxygens (including phenoxy) is 4. The number of rotatable bonds is 9. The SMILES string of the molecule is COc1cc(OC)c(C2CCN(C)C2COC(C)=O)c(OC(=O)c2ccc(N3CCCC3)cc2Cl)c1C(C)=O. The van der Waals surface area contributed by atoms with Gasteiger partial charge in [0.1, 0.15) is 23.7 Å². The fourth-order valence-electron chi connectivity index (χ4n) is 5.53. The molecule has 0 saturated carbocycles. The number of ketones is 1. The highest BCUT2D eigenvalue weighted by Gasteiger charge is 2.40. The molecule has 0 spiro atoms. The third-order valence-electron chi connectivity index (χ3n) is 7.53. The zero-order chi connectivity index (χ0) is 28.3. The van der Waals surface area contributed by atoms with E-state index in [-0.39, 0.29) is 58.0 Å². The molecule has 0 N–H and O–H groups in total. The number of carbonyl (C=O) groups excluding carboxylic acids is 3. The molecule has 210 valence electrons. The van der Waals surface area contributed by atoms with Crippen LogP contribution in [0.2, 0.25) is 5.02 Å². The Morgan fingerprint density at radius 3 is 2.28 bits per heavy atom. The van der Waals surface area contributed by atoms with E-state index in [4.69, 9.17) is 30.5 Å². The van der Waals surface area contributed by atoms with Gasteiger partial charge < -0.3 is 23.8 Å². The van der Waals surface area contributed by atoms with Gasteiger partial charge in [-0.15, -0.1) is 0 Å². The van der Waals surface area contributed by atoms with E-state index in [1.54, 1.807) is 18.2 Å². The molecule has 0 aromatic heterocycles. The number of hydrogen-bond donors (Lipinski definition) is 0. The second-order valence-electron chi connectivity index (χ2n) is 9.95. The summed E-state index contributed by atoms with van der Waals surface area (Å²) < 4.78 is 22.6. The Morgan fingerprint density at radius 2 is 1.69 bits per heavy atom. The molecule has 10 heteroatoms. The van der Waals surface area contributed by atoms with E-state index in [1.165, 1.54) is 28.1 Å². The Balaban J connectivity index is 1.79. The number of esters is 2. The first kappa shape index (κ1) is 28.7. The molecule has 0 bridgehead atoms. The number of halogens is 1. The van der Waals surface area contributed by atoms with E-state index in [0.29, 0.717) is 24.3 Å². The molecule has 2 aliphatic heterocycles. The summed E-state index contributed by atoms with van der Waals surface area (Å²) in [5.74, 6) is -0.987. The summed E-state index contributed by atoms with van der Waals surface area (Å²) in [5, 5.41) is 0.263. The topological polar surface area (TPSA) is 94.6 Å². The van der Waals surface area contributed by atoms with E-state index in [2.05, 4.69) is 9.80 Å². The number of likely N-dealkylation sites (N-methyl/N-ethyl adjacent to an activating group) is 1. The molecule has 2 aliphatic rings. The largest absolute Gasteiger partial charge is 0.496 e. The van der Waals surface area contributed by atoms with E-state index in [1.807, 2.05) is 13.1 Å². The lowest BCUT2D eigenvalue weighted by Gasteiger charge is -2.28. The number of carbonyl (C=O) groups is 3. The van der Waals surface area contributed by atoms with Gasteiger partial charge in [0.15, 0.2) is 11.5 Å². The van der Waals surface area contributed by atoms with Gasteiger partial charge >= 0.3 is 11.9 Å². The van der Waals surface area contributed by atoms with Crippen LogP contribution in [-0.2, 0) is 9.53 Å². The average Bonchev–Trinajstić information content (AvgIpc) is 3.56. The first-order valence-corrected chi connectivity index (χ1v) is 13.4. The molecule has 4 rings (SSSR count). The van der Waals surface area contributed by atoms with Crippen molar-refractivity contribution in [3.8, 4) is 17.2 Å². The molecule has 0 radical (unpaired) electrons. The van der Waals surface area contributed by atoms with Gasteiger partial charge in [0.05, 0.1) is 30.8 Å². The van der Waals surface area contributed by atoms with Crippen molar-refractivity contribution in [3.05, 3.63) is 46.0 Å². The van der Waals surface area contributed by atoms with Crippen molar-refractivity contribution in [2.45, 2.75) is 45.1 Å². The van der Waals surface area contributed by atoms with Crippen LogP contribution in [0, 0.1) is 0 Å². The highest BCUT2D eigenvalue weighted by molar-refractivity contribution is 6.34. The molecular weight excluding hydrogens is 524 g/mol. The van der Waals surface area contributed by atoms with E-state index in [0.717, 1.165) is 31.6 Å². The van der Waals surface area contributed by atoms with Crippen molar-refractivity contribution in [3.63, 3.8) is 0 Å². The second-order valence-corrected chi connectivity index (χ2v) is 10.4. The number of Topliss-reactive ketones (excluding diaryl/α,β-unsaturated/α-hetero) is 1. The lowest BCUT2D eigenvalue weighted by atomic mass is 9.87. The molecule has 2 saturated heterocycles. The zero-order valence-electron chi connectivity index (χ0n) is 23.0. The summed E-state index contributed by atoms with van der Waals surface area (Å²) in [6.45, 7) is 5.48. The van der Waals surface area contributed by atoms with E-state index < -0.39 is 5.97 Å². The third-order valence-corrected chi connectivity index (χ3v) is 7.84. The molecule has 9 nitrogen and oxygen atoms in total. The molecule has 2 atom stereocenters. The van der Waals surface area contributed by atoms with Gasteiger partial charge in [-0.25, -0.2) is 4.79 Å². The van der Waals surface area contributed by atoms with Crippen molar-refractivity contribution in [1.82, 2.24) is 4.90 Å². The van der Waals surface area contributed by atoms with Gasteiger partial charge in [-0.2, -0.15) is 0 Å². The maximum atomic E-state index is 13.6. The van der Waals surface area contributed by atoms with Crippen LogP contribution in [0.1, 0.15) is 65.3 Å². The summed E-state index contributed by atoms with van der Waals surface area (Å²) >= 11 is 6.57. The van der Waals surface area contributed by atoms with Crippen molar-refractivity contribution in [2.75, 3.05) is 52.4 Å². The normalized spacial score (nSPS) is 19.2. The molecule has 2 fully saturated rings. The first-order valence-electron chi connectivity index (χ1n) is 13.1. The number of hydrogen-bond acceptors (Lipinski definition) is 9. The average molecular weight is 559 g/mol. The lowest BCUT2D eigenvalue weighted by molar-refractivity contribution is -0.142. The molecule has 2 aromatic rings. The quantitative estimate of drug-likeness (QED) is 0.246. The van der Waals surface area contributed by atoms with Crippen LogP contribution in [0.4, 0.5) is 5.69 Å². The summed E-state index contributed by atoms with van der Waals surface area (Å²) in [5.41, 5.74) is 1.81. The van der Waals surface area contributed by atoms with Gasteiger partial charge in [-0.3, -0.25) is 14.5 Å². The van der Waals surface area contributed by atoms with Crippen LogP contribution in [-0.4, -0.2) is 76.2 Å². The van der Waals surface area contributed by atoms with Crippen LogP contribution < -0.4 is 19.1 Å². The highest BCUT2D eigenvalue weighted by atomic mass is 35.5. The molecule has 0 amide bonds. The molecule has 0 aliphatic carbocycles. The van der Waals surface area contributed by atoms with E-state index >= 15 is 0 Å². The van der Waals surface area contributed by atoms with Crippen molar-refractivity contribution in [2.24, 2.45) is 0 Å². The van der Waals surface area contributed by atoms with Gasteiger partial charge in [-0.05, 0) is 58.0 Å². The number of methoxy groups -OCH3 is 2. The van der Waals surface area contributed by atoms with Crippen LogP contribution in [0.15, 0.2) is 24.3 Å². The van der Waals surface area contributed by atoms with Crippen LogP contribution in [0.25, 0.3) is 0 Å². The van der Waals surface area contributed by atoms with Crippen molar-refractivity contribution in [1.29, 1.82) is 0 Å². The second kappa shape index (κ2) is 12.3. The predicted octanol–water partition coefficient (Wildman–Crippen LogP) is 4.73. The fourth-order valence-corrected chi connectivity index (χ4v) is 5.78. The third kappa shape index (κ3) is 5.99. The van der Waals surface area contributed by atoms with Crippen molar-refractivity contribution >= 4 is 35.0 Å². The van der Waals surface area contributed by atoms with Gasteiger partial charge in [0.25, 0.3) is 0 Å². The van der Waals surface area contributed by atoms with Crippen LogP contribution >= 0.6 is 11.6 Å². The minimum Gasteiger partial charge on any atom is -0.496 e. The maximum absolute atomic E-state index is 13.6. The number of likely N-dealkylation sites (tertiary alicyclic amines) is 1. The van der Waals surface area contributed by atoms with Gasteiger partial charge in [0.2, 0.25) is 0 Å². The Morgan fingerprint density at radius 1 is 1.00 bits per heavy atom. The summed E-state index contributed by atoms with van der Waals surface area (Å²) in [6, 6.07) is 6.67. The molecule has 2 heterocycles. The zero-order valence-corrected chi connectivity index (χ0v) is 23.8. The Bertz CT molecular complexity index is 1260. The van der Waals surface area contributed by atoms with Crippen LogP contribution in [0.5, 0.6) is 17.2 Å². The minimum atomic E-state index is -0.699. The summed E-state index contributed by atoms with van der Waals surface area (Å²) in [6.07, 6.45) is 2.90. The predicted molar refractivity (Wildman–Crippen MR) is 148 cm³/mol. The van der Waals surface area contributed by atoms with Crippen molar-refractivity contribution < 1.29 is 33.3 Å². The number of nitrogens with zero attached hydrogens (tertiary/aromatic N) is 2. The standard InChI is InChI=1S/C29H35ClN2O7/c1-17(33)26-24(36-4)15-25(37-5)27(21-10-13-31(3)23(21)16-38-18(2)34)28(26)39-29(35)20-9-8-19(14-22(20)30)32-11-6-7-12-32/h8-9,14-15,21,23H,6-7,10-13,16H2,1-5H3. The number of anilines is 1. The Labute approximate surface area is 233 Å². The van der Waals surface area contributed by atoms with Crippen LogP contribution in [0.3, 0.4) is 0 Å². The molecular formula is C29H35ClN2O7. The summed E-state index contributed by atoms with van der Waals surface area (Å²) in [4.78, 5) is 42.4. The fraction of sp³-hybridized carbons (Fsp3) is 0.483. The summed E-state index contributed by atoms with van der Waals surface area (Å²) in [7, 11) is 4.88. The molecule has 2 unspecified atom stereocenters. The molecule has 39 heavy (non-hydrogen) atoms. The smallest absolute Gasteiger partial charge is 0.345 e. The highest BCUT2D eigenvalue weighted by Crippen LogP contribution is 2.48. The Kier molecular flexibility index (Phi) is 9.02. The molecule has 2 aromatic carbocycles. The minimum absolute atomic E-state index is 0.0662. The van der Waals surface area contributed by atoms with Gasteiger partial charge in [0, 0.05) is 43.2 Å². The first-order chi connectivity index (χ1) is 18.7. The lowest BCUT2D eigenvalue weighted by Crippen LogP contribution is -2.34. The Hall–Kier alpha value is -3.30. The van der Waals surface area contributed by atoms with E-state index in [9.17, 15) is 14.4 Å². The monoisotopic (exact) mass is 558 g/mol. The van der Waals surface area contributed by atoms with Gasteiger partial charge in [-0.1, -0.05) is 11.6 Å².